The molecule has 148 valence electrons. The van der Waals surface area contributed by atoms with E-state index in [2.05, 4.69) is 15.7 Å². The molecule has 4 rings (SSSR count). The van der Waals surface area contributed by atoms with Crippen LogP contribution in [0.15, 0.2) is 54.6 Å². The molecule has 2 amide bonds. The number of halogens is 1. The topological polar surface area (TPSA) is 85.3 Å². The first-order valence-corrected chi connectivity index (χ1v) is 9.11. The summed E-state index contributed by atoms with van der Waals surface area (Å²) in [5, 5.41) is 9.85. The highest BCUT2D eigenvalue weighted by molar-refractivity contribution is 6.03. The number of aromatic nitrogens is 2. The lowest BCUT2D eigenvalue weighted by Gasteiger charge is -2.24. The highest BCUT2D eigenvalue weighted by atomic mass is 19.1. The van der Waals surface area contributed by atoms with E-state index in [1.165, 1.54) is 19.1 Å². The molecule has 29 heavy (non-hydrogen) atoms. The van der Waals surface area contributed by atoms with Gasteiger partial charge < -0.3 is 15.4 Å². The van der Waals surface area contributed by atoms with Crippen molar-refractivity contribution in [2.75, 3.05) is 10.6 Å². The number of hydrogen-bond donors (Lipinski definition) is 2. The van der Waals surface area contributed by atoms with Crippen LogP contribution in [0.5, 0.6) is 0 Å². The first-order chi connectivity index (χ1) is 14.0. The van der Waals surface area contributed by atoms with Crippen molar-refractivity contribution in [2.24, 2.45) is 0 Å². The summed E-state index contributed by atoms with van der Waals surface area (Å²) in [6.45, 7) is 2.16. The summed E-state index contributed by atoms with van der Waals surface area (Å²) in [5.74, 6) is -0.845. The fourth-order valence-electron chi connectivity index (χ4n) is 3.19. The van der Waals surface area contributed by atoms with Crippen LogP contribution in [0.3, 0.4) is 0 Å². The molecule has 0 bridgehead atoms. The van der Waals surface area contributed by atoms with Gasteiger partial charge in [0.1, 0.15) is 11.9 Å². The van der Waals surface area contributed by atoms with Gasteiger partial charge in [-0.1, -0.05) is 18.2 Å². The second-order valence-corrected chi connectivity index (χ2v) is 6.77. The highest BCUT2D eigenvalue weighted by Gasteiger charge is 2.24. The number of nitrogens with one attached hydrogen (secondary N) is 2. The van der Waals surface area contributed by atoms with Gasteiger partial charge in [-0.2, -0.15) is 5.10 Å². The van der Waals surface area contributed by atoms with Crippen LogP contribution in [-0.4, -0.2) is 21.6 Å². The minimum atomic E-state index is -0.356. The van der Waals surface area contributed by atoms with E-state index >= 15 is 0 Å². The van der Waals surface area contributed by atoms with E-state index < -0.39 is 0 Å². The third-order valence-electron chi connectivity index (χ3n) is 4.55. The fraction of sp³-hybridized carbons (Fsp3) is 0.190. The normalized spacial score (nSPS) is 15.4. The molecular weight excluding hydrogens is 375 g/mol. The Morgan fingerprint density at radius 3 is 2.55 bits per heavy atom. The Balaban J connectivity index is 1.47. The zero-order chi connectivity index (χ0) is 20.4. The molecule has 0 radical (unpaired) electrons. The first-order valence-electron chi connectivity index (χ1n) is 9.11. The smallest absolute Gasteiger partial charge is 0.276 e. The molecule has 0 fully saturated rings. The van der Waals surface area contributed by atoms with Crippen LogP contribution >= 0.6 is 0 Å². The van der Waals surface area contributed by atoms with Gasteiger partial charge in [-0.15, -0.1) is 0 Å². The van der Waals surface area contributed by atoms with Crippen molar-refractivity contribution in [1.82, 2.24) is 9.78 Å². The van der Waals surface area contributed by atoms with Gasteiger partial charge in [0, 0.05) is 18.3 Å². The average molecular weight is 394 g/mol. The number of amides is 2. The summed E-state index contributed by atoms with van der Waals surface area (Å²) < 4.78 is 20.7. The lowest BCUT2D eigenvalue weighted by atomic mass is 10.1. The van der Waals surface area contributed by atoms with E-state index in [-0.39, 0.29) is 29.4 Å². The third-order valence-corrected chi connectivity index (χ3v) is 4.55. The minimum Gasteiger partial charge on any atom is -0.365 e. The van der Waals surface area contributed by atoms with Crippen molar-refractivity contribution in [2.45, 2.75) is 26.2 Å². The Kier molecular flexibility index (Phi) is 5.09. The molecule has 1 aromatic heterocycles. The standard InChI is InChI=1S/C21H19FN4O3/c1-13(27)23-16-3-2-4-17(9-16)24-21(28)19-10-18-12-29-20(11-26(18)25-19)14-5-7-15(22)8-6-14/h2-10,20H,11-12H2,1H3,(H,23,27)(H,24,28)/t20-/m1/s1. The SMILES string of the molecule is CC(=O)Nc1cccc(NC(=O)c2cc3n(n2)C[C@H](c2ccc(F)cc2)OC3)c1. The maximum Gasteiger partial charge on any atom is 0.276 e. The Morgan fingerprint density at radius 2 is 1.83 bits per heavy atom. The van der Waals surface area contributed by atoms with Gasteiger partial charge in [0.25, 0.3) is 5.91 Å². The van der Waals surface area contributed by atoms with Crippen molar-refractivity contribution in [1.29, 1.82) is 0 Å². The number of benzene rings is 2. The Labute approximate surface area is 166 Å². The molecule has 1 atom stereocenters. The van der Waals surface area contributed by atoms with Crippen LogP contribution in [0, 0.1) is 5.82 Å². The van der Waals surface area contributed by atoms with E-state index in [1.807, 2.05) is 0 Å². The molecule has 0 saturated heterocycles. The zero-order valence-corrected chi connectivity index (χ0v) is 15.7. The average Bonchev–Trinajstić information content (AvgIpc) is 3.12. The second kappa shape index (κ2) is 7.84. The van der Waals surface area contributed by atoms with Crippen LogP contribution < -0.4 is 10.6 Å². The fourth-order valence-corrected chi connectivity index (χ4v) is 3.19. The molecule has 1 aliphatic rings. The van der Waals surface area contributed by atoms with Crippen molar-refractivity contribution in [3.63, 3.8) is 0 Å². The van der Waals surface area contributed by atoms with Gasteiger partial charge in [0.15, 0.2) is 5.69 Å². The molecular formula is C21H19FN4O3. The Morgan fingerprint density at radius 1 is 1.10 bits per heavy atom. The molecule has 2 heterocycles. The zero-order valence-electron chi connectivity index (χ0n) is 15.7. The molecule has 0 saturated carbocycles. The lowest BCUT2D eigenvalue weighted by molar-refractivity contribution is -0.114. The van der Waals surface area contributed by atoms with Crippen LogP contribution in [0.2, 0.25) is 0 Å². The van der Waals surface area contributed by atoms with Gasteiger partial charge >= 0.3 is 0 Å². The quantitative estimate of drug-likeness (QED) is 0.709. The molecule has 0 spiro atoms. The predicted octanol–water partition coefficient (Wildman–Crippen LogP) is 3.50. The highest BCUT2D eigenvalue weighted by Crippen LogP contribution is 2.27. The monoisotopic (exact) mass is 394 g/mol. The van der Waals surface area contributed by atoms with Crippen molar-refractivity contribution in [3.05, 3.63) is 77.4 Å². The molecule has 8 heteroatoms. The van der Waals surface area contributed by atoms with Crippen LogP contribution in [0.1, 0.15) is 34.8 Å². The summed E-state index contributed by atoms with van der Waals surface area (Å²) in [4.78, 5) is 23.8. The summed E-state index contributed by atoms with van der Waals surface area (Å²) in [5.41, 5.74) is 3.06. The molecule has 7 nitrogen and oxygen atoms in total. The third kappa shape index (κ3) is 4.33. The van der Waals surface area contributed by atoms with Gasteiger partial charge in [0.05, 0.1) is 18.8 Å². The maximum atomic E-state index is 13.1. The van der Waals surface area contributed by atoms with Gasteiger partial charge in [-0.25, -0.2) is 4.39 Å². The minimum absolute atomic E-state index is 0.189. The lowest BCUT2D eigenvalue weighted by Crippen LogP contribution is -2.22. The van der Waals surface area contributed by atoms with E-state index in [0.717, 1.165) is 11.3 Å². The van der Waals surface area contributed by atoms with Crippen molar-refractivity contribution < 1.29 is 18.7 Å². The van der Waals surface area contributed by atoms with Crippen molar-refractivity contribution in [3.8, 4) is 0 Å². The number of carbonyl (C=O) groups is 2. The first kappa shape index (κ1) is 18.8. The van der Waals surface area contributed by atoms with E-state index in [1.54, 1.807) is 47.1 Å². The largest absolute Gasteiger partial charge is 0.365 e. The summed E-state index contributed by atoms with van der Waals surface area (Å²) in [7, 11) is 0. The Bertz CT molecular complexity index is 1060. The maximum absolute atomic E-state index is 13.1. The van der Waals surface area contributed by atoms with Crippen molar-refractivity contribution >= 4 is 23.2 Å². The molecule has 0 unspecified atom stereocenters. The number of fused-ring (bicyclic) bond motifs is 1. The molecule has 2 N–H and O–H groups in total. The Hall–Kier alpha value is -3.52. The number of ether oxygens (including phenoxy) is 1. The van der Waals surface area contributed by atoms with E-state index in [0.29, 0.717) is 24.5 Å². The van der Waals surface area contributed by atoms with Gasteiger partial charge in [-0.05, 0) is 42.0 Å². The second-order valence-electron chi connectivity index (χ2n) is 6.77. The number of carbonyl (C=O) groups excluding carboxylic acids is 2. The summed E-state index contributed by atoms with van der Waals surface area (Å²) in [6, 6.07) is 14.7. The van der Waals surface area contributed by atoms with E-state index in [9.17, 15) is 14.0 Å². The molecule has 0 aliphatic carbocycles. The number of hydrogen-bond acceptors (Lipinski definition) is 4. The summed E-state index contributed by atoms with van der Waals surface area (Å²) in [6.07, 6.45) is -0.256. The molecule has 3 aromatic rings. The predicted molar refractivity (Wildman–Crippen MR) is 105 cm³/mol. The molecule has 1 aliphatic heterocycles. The number of anilines is 2. The van der Waals surface area contributed by atoms with Crippen LogP contribution in [0.4, 0.5) is 15.8 Å². The number of rotatable bonds is 4. The van der Waals surface area contributed by atoms with Gasteiger partial charge in [0.2, 0.25) is 5.91 Å². The van der Waals surface area contributed by atoms with Crippen LogP contribution in [-0.2, 0) is 22.7 Å². The summed E-state index contributed by atoms with van der Waals surface area (Å²) >= 11 is 0. The molecule has 2 aromatic carbocycles. The van der Waals surface area contributed by atoms with Crippen LogP contribution in [0.25, 0.3) is 0 Å². The van der Waals surface area contributed by atoms with Gasteiger partial charge in [-0.3, -0.25) is 14.3 Å². The van der Waals surface area contributed by atoms with E-state index in [4.69, 9.17) is 4.74 Å². The number of nitrogens with zero attached hydrogens (tertiary/aromatic N) is 2.